The summed E-state index contributed by atoms with van der Waals surface area (Å²) in [6, 6.07) is 1.83. The third kappa shape index (κ3) is 4.14. The van der Waals surface area contributed by atoms with E-state index < -0.39 is 0 Å². The summed E-state index contributed by atoms with van der Waals surface area (Å²) < 4.78 is 10.2. The number of anilines is 2. The van der Waals surface area contributed by atoms with Gasteiger partial charge in [-0.25, -0.2) is 0 Å². The van der Waals surface area contributed by atoms with E-state index in [1.54, 1.807) is 26.6 Å². The molecule has 0 aliphatic rings. The van der Waals surface area contributed by atoms with Crippen LogP contribution in [0.5, 0.6) is 0 Å². The molecule has 0 spiro atoms. The molecule has 5 nitrogen and oxygen atoms in total. The van der Waals surface area contributed by atoms with Gasteiger partial charge in [0.25, 0.3) is 0 Å². The zero-order valence-corrected chi connectivity index (χ0v) is 9.06. The Kier molecular flexibility index (Phi) is 4.86. The van der Waals surface area contributed by atoms with E-state index in [1.165, 1.54) is 0 Å². The first kappa shape index (κ1) is 11.7. The van der Waals surface area contributed by atoms with Crippen LogP contribution in [0, 0.1) is 0 Å². The highest BCUT2D eigenvalue weighted by molar-refractivity contribution is 5.51. The lowest BCUT2D eigenvalue weighted by Crippen LogP contribution is -2.26. The maximum absolute atomic E-state index is 5.60. The van der Waals surface area contributed by atoms with E-state index in [9.17, 15) is 0 Å². The van der Waals surface area contributed by atoms with Gasteiger partial charge in [0.1, 0.15) is 0 Å². The van der Waals surface area contributed by atoms with Crippen LogP contribution in [0.3, 0.4) is 0 Å². The fourth-order valence-electron chi connectivity index (χ4n) is 1.18. The quantitative estimate of drug-likeness (QED) is 0.726. The number of nitrogens with one attached hydrogen (secondary N) is 1. The Hall–Kier alpha value is -1.33. The van der Waals surface area contributed by atoms with E-state index in [2.05, 4.69) is 10.3 Å². The van der Waals surface area contributed by atoms with Gasteiger partial charge in [0.05, 0.1) is 30.3 Å². The molecule has 0 fully saturated rings. The fourth-order valence-corrected chi connectivity index (χ4v) is 1.18. The second-order valence-corrected chi connectivity index (χ2v) is 3.20. The molecule has 0 aliphatic carbocycles. The van der Waals surface area contributed by atoms with E-state index in [1.807, 2.05) is 6.07 Å². The maximum atomic E-state index is 5.60. The average Bonchev–Trinajstić information content (AvgIpc) is 2.24. The minimum atomic E-state index is 0.0245. The molecule has 1 atom stereocenters. The molecule has 0 bridgehead atoms. The van der Waals surface area contributed by atoms with Crippen molar-refractivity contribution >= 4 is 11.4 Å². The number of ether oxygens (including phenoxy) is 2. The molecule has 3 N–H and O–H groups in total. The zero-order valence-electron chi connectivity index (χ0n) is 9.06. The van der Waals surface area contributed by atoms with E-state index in [4.69, 9.17) is 15.2 Å². The van der Waals surface area contributed by atoms with Crippen molar-refractivity contribution in [2.45, 2.75) is 6.10 Å². The largest absolute Gasteiger partial charge is 0.397 e. The Labute approximate surface area is 89.6 Å². The van der Waals surface area contributed by atoms with Crippen molar-refractivity contribution in [3.8, 4) is 0 Å². The van der Waals surface area contributed by atoms with Gasteiger partial charge in [-0.1, -0.05) is 0 Å². The molecule has 5 heteroatoms. The molecule has 1 unspecified atom stereocenters. The molecule has 15 heavy (non-hydrogen) atoms. The predicted molar refractivity (Wildman–Crippen MR) is 59.8 cm³/mol. The smallest absolute Gasteiger partial charge is 0.0976 e. The number of hydrogen-bond donors (Lipinski definition) is 2. The highest BCUT2D eigenvalue weighted by atomic mass is 16.5. The van der Waals surface area contributed by atoms with Crippen LogP contribution in [0.4, 0.5) is 11.4 Å². The molecule has 1 heterocycles. The average molecular weight is 211 g/mol. The third-order valence-electron chi connectivity index (χ3n) is 1.98. The predicted octanol–water partition coefficient (Wildman–Crippen LogP) is 0.737. The summed E-state index contributed by atoms with van der Waals surface area (Å²) in [5.41, 5.74) is 7.12. The molecule has 0 amide bonds. The Morgan fingerprint density at radius 2 is 2.27 bits per heavy atom. The fraction of sp³-hybridized carbons (Fsp3) is 0.500. The molecule has 1 aromatic rings. The summed E-state index contributed by atoms with van der Waals surface area (Å²) >= 11 is 0. The summed E-state index contributed by atoms with van der Waals surface area (Å²) in [5, 5.41) is 3.17. The third-order valence-corrected chi connectivity index (χ3v) is 1.98. The van der Waals surface area contributed by atoms with Gasteiger partial charge in [-0.3, -0.25) is 4.98 Å². The van der Waals surface area contributed by atoms with Crippen LogP contribution < -0.4 is 11.1 Å². The molecular formula is C10H17N3O2. The Morgan fingerprint density at radius 3 is 2.87 bits per heavy atom. The van der Waals surface area contributed by atoms with Crippen molar-refractivity contribution in [3.05, 3.63) is 18.5 Å². The number of nitrogens with two attached hydrogens (primary N) is 1. The number of nitrogen functional groups attached to an aromatic ring is 1. The minimum Gasteiger partial charge on any atom is -0.397 e. The summed E-state index contributed by atoms with van der Waals surface area (Å²) in [6.07, 6.45) is 3.35. The summed E-state index contributed by atoms with van der Waals surface area (Å²) in [5.74, 6) is 0. The first-order valence-electron chi connectivity index (χ1n) is 4.72. The summed E-state index contributed by atoms with van der Waals surface area (Å²) in [6.45, 7) is 1.22. The van der Waals surface area contributed by atoms with Crippen molar-refractivity contribution in [1.29, 1.82) is 0 Å². The highest BCUT2D eigenvalue weighted by Gasteiger charge is 2.06. The SMILES string of the molecule is COCC(CNc1cncc(N)c1)OC. The molecule has 0 saturated heterocycles. The van der Waals surface area contributed by atoms with E-state index in [0.717, 1.165) is 5.69 Å². The number of hydrogen-bond acceptors (Lipinski definition) is 5. The summed E-state index contributed by atoms with van der Waals surface area (Å²) in [4.78, 5) is 3.97. The van der Waals surface area contributed by atoms with Crippen LogP contribution in [-0.4, -0.2) is 38.5 Å². The lowest BCUT2D eigenvalue weighted by atomic mass is 10.3. The van der Waals surface area contributed by atoms with E-state index in [0.29, 0.717) is 18.8 Å². The molecule has 0 radical (unpaired) electrons. The molecule has 0 saturated carbocycles. The van der Waals surface area contributed by atoms with E-state index >= 15 is 0 Å². The highest BCUT2D eigenvalue weighted by Crippen LogP contribution is 2.09. The summed E-state index contributed by atoms with van der Waals surface area (Å²) in [7, 11) is 3.30. The van der Waals surface area contributed by atoms with Gasteiger partial charge in [-0.15, -0.1) is 0 Å². The van der Waals surface area contributed by atoms with Crippen LogP contribution in [0.2, 0.25) is 0 Å². The van der Waals surface area contributed by atoms with Crippen LogP contribution in [-0.2, 0) is 9.47 Å². The molecule has 1 aromatic heterocycles. The number of nitrogens with zero attached hydrogens (tertiary/aromatic N) is 1. The molecule has 0 aliphatic heterocycles. The van der Waals surface area contributed by atoms with Crippen LogP contribution in [0.25, 0.3) is 0 Å². The van der Waals surface area contributed by atoms with Gasteiger partial charge in [-0.2, -0.15) is 0 Å². The van der Waals surface area contributed by atoms with Gasteiger partial charge in [-0.05, 0) is 6.07 Å². The number of pyridine rings is 1. The number of rotatable bonds is 6. The van der Waals surface area contributed by atoms with Gasteiger partial charge >= 0.3 is 0 Å². The van der Waals surface area contributed by atoms with Gasteiger partial charge in [0, 0.05) is 27.0 Å². The topological polar surface area (TPSA) is 69.4 Å². The zero-order chi connectivity index (χ0) is 11.1. The Balaban J connectivity index is 2.41. The standard InChI is InChI=1S/C10H17N3O2/c1-14-7-10(15-2)6-13-9-3-8(11)4-12-5-9/h3-5,10,13H,6-7,11H2,1-2H3. The van der Waals surface area contributed by atoms with Crippen LogP contribution >= 0.6 is 0 Å². The van der Waals surface area contributed by atoms with Crippen molar-refractivity contribution in [2.75, 3.05) is 38.4 Å². The monoisotopic (exact) mass is 211 g/mol. The lowest BCUT2D eigenvalue weighted by molar-refractivity contribution is 0.0365. The van der Waals surface area contributed by atoms with Crippen LogP contribution in [0.1, 0.15) is 0 Å². The van der Waals surface area contributed by atoms with E-state index in [-0.39, 0.29) is 6.10 Å². The minimum absolute atomic E-state index is 0.0245. The van der Waals surface area contributed by atoms with Gasteiger partial charge in [0.2, 0.25) is 0 Å². The van der Waals surface area contributed by atoms with Crippen molar-refractivity contribution in [2.24, 2.45) is 0 Å². The Bertz CT molecular complexity index is 294. The normalized spacial score (nSPS) is 12.4. The first-order chi connectivity index (χ1) is 7.26. The number of methoxy groups -OCH3 is 2. The number of aromatic nitrogens is 1. The van der Waals surface area contributed by atoms with Crippen LogP contribution in [0.15, 0.2) is 18.5 Å². The lowest BCUT2D eigenvalue weighted by Gasteiger charge is -2.15. The molecule has 1 rings (SSSR count). The molecular weight excluding hydrogens is 194 g/mol. The second-order valence-electron chi connectivity index (χ2n) is 3.20. The van der Waals surface area contributed by atoms with Crippen molar-refractivity contribution in [1.82, 2.24) is 4.98 Å². The van der Waals surface area contributed by atoms with Gasteiger partial charge < -0.3 is 20.5 Å². The van der Waals surface area contributed by atoms with Crippen molar-refractivity contribution in [3.63, 3.8) is 0 Å². The van der Waals surface area contributed by atoms with Crippen molar-refractivity contribution < 1.29 is 9.47 Å². The Morgan fingerprint density at radius 1 is 1.47 bits per heavy atom. The first-order valence-corrected chi connectivity index (χ1v) is 4.72. The second kappa shape index (κ2) is 6.21. The molecule has 0 aromatic carbocycles. The molecule has 84 valence electrons. The maximum Gasteiger partial charge on any atom is 0.0976 e. The van der Waals surface area contributed by atoms with Gasteiger partial charge in [0.15, 0.2) is 0 Å².